The van der Waals surface area contributed by atoms with Crippen molar-refractivity contribution in [3.63, 3.8) is 0 Å². The molecule has 2 amide bonds. The number of anilines is 1. The second kappa shape index (κ2) is 10.7. The van der Waals surface area contributed by atoms with E-state index < -0.39 is 0 Å². The molecule has 0 unspecified atom stereocenters. The first-order chi connectivity index (χ1) is 14.7. The van der Waals surface area contributed by atoms with Gasteiger partial charge in [0.2, 0.25) is 5.88 Å². The zero-order chi connectivity index (χ0) is 21.3. The molecule has 1 aromatic carbocycles. The summed E-state index contributed by atoms with van der Waals surface area (Å²) in [6.07, 6.45) is 5.83. The molecule has 1 aromatic heterocycles. The van der Waals surface area contributed by atoms with Crippen LogP contribution in [0, 0.1) is 0 Å². The van der Waals surface area contributed by atoms with Gasteiger partial charge < -0.3 is 19.1 Å². The molecule has 162 valence electrons. The van der Waals surface area contributed by atoms with Gasteiger partial charge in [0.05, 0.1) is 27.4 Å². The number of aromatic nitrogens is 1. The molecular formula is C23H31N3O4. The number of hydrogen-bond acceptors (Lipinski definition) is 5. The molecule has 0 spiro atoms. The van der Waals surface area contributed by atoms with Gasteiger partial charge in [0.1, 0.15) is 0 Å². The van der Waals surface area contributed by atoms with Crippen molar-refractivity contribution in [3.05, 3.63) is 42.1 Å². The monoisotopic (exact) mass is 413 g/mol. The van der Waals surface area contributed by atoms with Gasteiger partial charge in [-0.3, -0.25) is 4.90 Å². The average molecular weight is 414 g/mol. The van der Waals surface area contributed by atoms with E-state index in [1.807, 2.05) is 35.2 Å². The highest BCUT2D eigenvalue weighted by atomic mass is 16.5. The topological polar surface area (TPSA) is 64.1 Å². The molecule has 0 atom stereocenters. The molecule has 0 saturated carbocycles. The van der Waals surface area contributed by atoms with Crippen molar-refractivity contribution in [2.24, 2.45) is 0 Å². The van der Waals surface area contributed by atoms with Crippen molar-refractivity contribution in [2.45, 2.75) is 39.2 Å². The lowest BCUT2D eigenvalue weighted by Gasteiger charge is -2.36. The number of nitrogens with zero attached hydrogens (tertiary/aromatic N) is 3. The summed E-state index contributed by atoms with van der Waals surface area (Å²) in [6, 6.07) is 9.43. The van der Waals surface area contributed by atoms with Crippen molar-refractivity contribution < 1.29 is 19.0 Å². The highest BCUT2D eigenvalue weighted by Gasteiger charge is 2.28. The lowest BCUT2D eigenvalue weighted by atomic mass is 10.2. The van der Waals surface area contributed by atoms with Crippen molar-refractivity contribution in [3.8, 4) is 17.4 Å². The maximum atomic E-state index is 13.2. The quantitative estimate of drug-likeness (QED) is 0.537. The van der Waals surface area contributed by atoms with Crippen molar-refractivity contribution in [2.75, 3.05) is 38.8 Å². The Morgan fingerprint density at radius 3 is 2.70 bits per heavy atom. The zero-order valence-corrected chi connectivity index (χ0v) is 18.1. The highest BCUT2D eigenvalue weighted by Crippen LogP contribution is 2.33. The Morgan fingerprint density at radius 2 is 1.93 bits per heavy atom. The third-order valence-electron chi connectivity index (χ3n) is 5.18. The van der Waals surface area contributed by atoms with E-state index in [2.05, 4.69) is 11.9 Å². The van der Waals surface area contributed by atoms with Crippen LogP contribution in [0.1, 0.15) is 38.2 Å². The normalized spacial score (nSPS) is 14.0. The number of benzene rings is 1. The van der Waals surface area contributed by atoms with E-state index in [9.17, 15) is 4.79 Å². The minimum atomic E-state index is -0.0331. The van der Waals surface area contributed by atoms with Crippen molar-refractivity contribution >= 4 is 11.7 Å². The number of rotatable bonds is 10. The molecule has 1 fully saturated rings. The van der Waals surface area contributed by atoms with Crippen LogP contribution < -0.4 is 19.1 Å². The molecule has 7 heteroatoms. The fourth-order valence-electron chi connectivity index (χ4n) is 3.58. The third kappa shape index (κ3) is 5.14. The number of carbonyl (C=O) groups is 1. The van der Waals surface area contributed by atoms with E-state index in [1.165, 1.54) is 0 Å². The maximum Gasteiger partial charge on any atom is 0.324 e. The number of pyridine rings is 1. The number of urea groups is 1. The Morgan fingerprint density at radius 1 is 1.07 bits per heavy atom. The first kappa shape index (κ1) is 21.7. The van der Waals surface area contributed by atoms with Gasteiger partial charge in [0, 0.05) is 36.6 Å². The van der Waals surface area contributed by atoms with Crippen molar-refractivity contribution in [1.82, 2.24) is 9.88 Å². The Labute approximate surface area is 178 Å². The zero-order valence-electron chi connectivity index (χ0n) is 18.1. The second-order valence-electron chi connectivity index (χ2n) is 7.27. The van der Waals surface area contributed by atoms with Crippen LogP contribution in [0.5, 0.6) is 17.4 Å². The second-order valence-corrected chi connectivity index (χ2v) is 7.27. The predicted octanol–water partition coefficient (Wildman–Crippen LogP) is 4.50. The van der Waals surface area contributed by atoms with E-state index in [0.717, 1.165) is 36.9 Å². The number of hydrogen-bond donors (Lipinski definition) is 0. The molecule has 30 heavy (non-hydrogen) atoms. The molecule has 7 nitrogen and oxygen atoms in total. The molecule has 0 bridgehead atoms. The molecule has 1 aliphatic heterocycles. The summed E-state index contributed by atoms with van der Waals surface area (Å²) in [5.74, 6) is 1.90. The number of unbranched alkanes of at least 4 members (excludes halogenated alkanes) is 2. The van der Waals surface area contributed by atoms with Crippen LogP contribution in [-0.2, 0) is 6.54 Å². The van der Waals surface area contributed by atoms with Gasteiger partial charge in [0.25, 0.3) is 0 Å². The predicted molar refractivity (Wildman–Crippen MR) is 117 cm³/mol. The molecule has 1 aliphatic rings. The van der Waals surface area contributed by atoms with Crippen LogP contribution in [0.3, 0.4) is 0 Å². The molecule has 2 heterocycles. The van der Waals surface area contributed by atoms with Gasteiger partial charge in [-0.15, -0.1) is 0 Å². The number of carbonyl (C=O) groups excluding carboxylic acids is 1. The number of ether oxygens (including phenoxy) is 3. The van der Waals surface area contributed by atoms with Crippen LogP contribution in [0.2, 0.25) is 0 Å². The summed E-state index contributed by atoms with van der Waals surface area (Å²) < 4.78 is 16.7. The Kier molecular flexibility index (Phi) is 7.76. The highest BCUT2D eigenvalue weighted by molar-refractivity contribution is 5.93. The maximum absolute atomic E-state index is 13.2. The molecule has 1 saturated heterocycles. The van der Waals surface area contributed by atoms with Crippen LogP contribution in [0.25, 0.3) is 0 Å². The Bertz CT molecular complexity index is 843. The van der Waals surface area contributed by atoms with Crippen LogP contribution >= 0.6 is 0 Å². The minimum absolute atomic E-state index is 0.0331. The van der Waals surface area contributed by atoms with Crippen LogP contribution in [-0.4, -0.2) is 49.8 Å². The first-order valence-electron chi connectivity index (χ1n) is 10.5. The van der Waals surface area contributed by atoms with E-state index in [0.29, 0.717) is 43.6 Å². The van der Waals surface area contributed by atoms with Gasteiger partial charge in [-0.1, -0.05) is 25.8 Å². The van der Waals surface area contributed by atoms with E-state index in [1.54, 1.807) is 25.3 Å². The standard InChI is InChI=1S/C23H31N3O4/c1-4-5-6-15-30-21-16-19(10-11-20(21)28-2)26-14-8-13-25(23(26)27)17-18-9-7-12-24-22(18)29-3/h7,9-12,16H,4-6,8,13-15,17H2,1-3H3. The SMILES string of the molecule is CCCCCOc1cc(N2CCCN(Cc3cccnc3OC)C2=O)ccc1OC. The molecule has 3 rings (SSSR count). The van der Waals surface area contributed by atoms with Gasteiger partial charge in [-0.25, -0.2) is 9.78 Å². The average Bonchev–Trinajstić information content (AvgIpc) is 2.78. The van der Waals surface area contributed by atoms with Gasteiger partial charge in [0.15, 0.2) is 11.5 Å². The third-order valence-corrected chi connectivity index (χ3v) is 5.18. The van der Waals surface area contributed by atoms with Gasteiger partial charge in [-0.2, -0.15) is 0 Å². The molecule has 2 aromatic rings. The fraction of sp³-hybridized carbons (Fsp3) is 0.478. The summed E-state index contributed by atoms with van der Waals surface area (Å²) in [4.78, 5) is 21.1. The van der Waals surface area contributed by atoms with Crippen LogP contribution in [0.15, 0.2) is 36.5 Å². The van der Waals surface area contributed by atoms with Crippen LogP contribution in [0.4, 0.5) is 10.5 Å². The van der Waals surface area contributed by atoms with Gasteiger partial charge >= 0.3 is 6.03 Å². The number of amides is 2. The molecule has 0 radical (unpaired) electrons. The summed E-state index contributed by atoms with van der Waals surface area (Å²) in [5, 5.41) is 0. The summed E-state index contributed by atoms with van der Waals surface area (Å²) in [6.45, 7) is 4.62. The first-order valence-corrected chi connectivity index (χ1v) is 10.5. The molecular weight excluding hydrogens is 382 g/mol. The lowest BCUT2D eigenvalue weighted by Crippen LogP contribution is -2.49. The largest absolute Gasteiger partial charge is 0.493 e. The fourth-order valence-corrected chi connectivity index (χ4v) is 3.58. The smallest absolute Gasteiger partial charge is 0.324 e. The van der Waals surface area contributed by atoms with E-state index >= 15 is 0 Å². The number of methoxy groups -OCH3 is 2. The summed E-state index contributed by atoms with van der Waals surface area (Å²) in [5.41, 5.74) is 1.71. The van der Waals surface area contributed by atoms with Gasteiger partial charge in [-0.05, 0) is 31.0 Å². The Hall–Kier alpha value is -2.96. The van der Waals surface area contributed by atoms with Crippen molar-refractivity contribution in [1.29, 1.82) is 0 Å². The molecule has 0 N–H and O–H groups in total. The van der Waals surface area contributed by atoms with E-state index in [-0.39, 0.29) is 6.03 Å². The lowest BCUT2D eigenvalue weighted by molar-refractivity contribution is 0.191. The Balaban J connectivity index is 1.75. The summed E-state index contributed by atoms with van der Waals surface area (Å²) >= 11 is 0. The molecule has 0 aliphatic carbocycles. The minimum Gasteiger partial charge on any atom is -0.493 e. The van der Waals surface area contributed by atoms with E-state index in [4.69, 9.17) is 14.2 Å². The summed E-state index contributed by atoms with van der Waals surface area (Å²) in [7, 11) is 3.22.